The molecule has 1 aliphatic heterocycles. The van der Waals surface area contributed by atoms with E-state index in [0.717, 1.165) is 31.3 Å². The van der Waals surface area contributed by atoms with Gasteiger partial charge < -0.3 is 29.4 Å². The minimum Gasteiger partial charge on any atom is -0.493 e. The Hall–Kier alpha value is -3.10. The monoisotopic (exact) mass is 495 g/mol. The minimum atomic E-state index is -0.146. The number of benzene rings is 2. The molecule has 1 aromatic heterocycles. The van der Waals surface area contributed by atoms with Crippen molar-refractivity contribution in [3.05, 3.63) is 69.5 Å². The molecule has 8 heteroatoms. The fourth-order valence-corrected chi connectivity index (χ4v) is 4.66. The molecular weight excluding hydrogens is 462 g/mol. The van der Waals surface area contributed by atoms with Crippen LogP contribution in [0.3, 0.4) is 0 Å². The molecule has 1 fully saturated rings. The zero-order valence-electron chi connectivity index (χ0n) is 20.6. The van der Waals surface area contributed by atoms with E-state index < -0.39 is 0 Å². The van der Waals surface area contributed by atoms with Crippen LogP contribution in [0, 0.1) is 6.92 Å². The number of nitrogens with zero attached hydrogens (tertiary/aromatic N) is 1. The number of aryl methyl sites for hydroxylation is 1. The zero-order valence-corrected chi connectivity index (χ0v) is 21.4. The van der Waals surface area contributed by atoms with Crippen LogP contribution in [0.15, 0.2) is 47.3 Å². The van der Waals surface area contributed by atoms with Crippen LogP contribution in [-0.2, 0) is 17.7 Å². The third-order valence-electron chi connectivity index (χ3n) is 6.49. The largest absolute Gasteiger partial charge is 0.493 e. The van der Waals surface area contributed by atoms with Gasteiger partial charge in [0.05, 0.1) is 32.4 Å². The first kappa shape index (κ1) is 25.0. The molecule has 2 aromatic carbocycles. The van der Waals surface area contributed by atoms with Crippen LogP contribution in [-0.4, -0.2) is 55.0 Å². The van der Waals surface area contributed by atoms with Crippen LogP contribution in [0.2, 0.25) is 0 Å². The molecule has 0 aliphatic carbocycles. The second kappa shape index (κ2) is 11.6. The van der Waals surface area contributed by atoms with Gasteiger partial charge in [0.1, 0.15) is 0 Å². The zero-order chi connectivity index (χ0) is 24.8. The lowest BCUT2D eigenvalue weighted by Crippen LogP contribution is -2.43. The van der Waals surface area contributed by atoms with Crippen molar-refractivity contribution in [2.24, 2.45) is 0 Å². The number of hydrogen-bond acceptors (Lipinski definition) is 5. The van der Waals surface area contributed by atoms with E-state index >= 15 is 0 Å². The number of aromatic amines is 1. The first-order valence-corrected chi connectivity index (χ1v) is 12.4. The average molecular weight is 496 g/mol. The summed E-state index contributed by atoms with van der Waals surface area (Å²) in [6, 6.07) is 13.9. The summed E-state index contributed by atoms with van der Waals surface area (Å²) in [6.45, 7) is 4.67. The van der Waals surface area contributed by atoms with Gasteiger partial charge >= 0.3 is 0 Å². The van der Waals surface area contributed by atoms with Crippen molar-refractivity contribution < 1.29 is 14.2 Å². The minimum absolute atomic E-state index is 0.146. The molecule has 0 unspecified atom stereocenters. The van der Waals surface area contributed by atoms with Gasteiger partial charge in [-0.1, -0.05) is 24.3 Å². The Morgan fingerprint density at radius 3 is 2.66 bits per heavy atom. The maximum Gasteiger partial charge on any atom is 0.253 e. The number of fused-ring (bicyclic) bond motifs is 1. The number of ether oxygens (including phenoxy) is 3. The smallest absolute Gasteiger partial charge is 0.253 e. The summed E-state index contributed by atoms with van der Waals surface area (Å²) in [4.78, 5) is 18.1. The summed E-state index contributed by atoms with van der Waals surface area (Å²) >= 11 is 5.78. The number of hydrogen-bond donors (Lipinski definition) is 2. The number of rotatable bonds is 9. The molecule has 1 atom stereocenters. The number of aromatic nitrogens is 1. The summed E-state index contributed by atoms with van der Waals surface area (Å²) in [7, 11) is 3.18. The van der Waals surface area contributed by atoms with Crippen molar-refractivity contribution >= 4 is 28.2 Å². The van der Waals surface area contributed by atoms with E-state index in [1.54, 1.807) is 20.3 Å². The van der Waals surface area contributed by atoms with Crippen molar-refractivity contribution in [2.45, 2.75) is 38.8 Å². The lowest BCUT2D eigenvalue weighted by molar-refractivity contribution is 0.113. The first-order valence-electron chi connectivity index (χ1n) is 11.9. The normalized spacial score (nSPS) is 15.2. The van der Waals surface area contributed by atoms with E-state index in [4.69, 9.17) is 26.4 Å². The molecule has 4 rings (SSSR count). The maximum atomic E-state index is 13.0. The van der Waals surface area contributed by atoms with Gasteiger partial charge in [-0.05, 0) is 61.7 Å². The van der Waals surface area contributed by atoms with Crippen molar-refractivity contribution in [1.82, 2.24) is 15.2 Å². The van der Waals surface area contributed by atoms with Crippen LogP contribution in [0.1, 0.15) is 29.5 Å². The molecule has 0 saturated carbocycles. The molecule has 0 radical (unpaired) electrons. The number of pyridine rings is 1. The van der Waals surface area contributed by atoms with Crippen LogP contribution < -0.4 is 20.3 Å². The highest BCUT2D eigenvalue weighted by atomic mass is 32.1. The van der Waals surface area contributed by atoms with Crippen molar-refractivity contribution in [3.8, 4) is 11.5 Å². The van der Waals surface area contributed by atoms with Gasteiger partial charge in [-0.25, -0.2) is 0 Å². The quantitative estimate of drug-likeness (QED) is 0.435. The molecule has 2 N–H and O–H groups in total. The Balaban J connectivity index is 1.57. The lowest BCUT2D eigenvalue weighted by Gasteiger charge is -2.27. The first-order chi connectivity index (χ1) is 17.0. The van der Waals surface area contributed by atoms with Gasteiger partial charge in [0.2, 0.25) is 0 Å². The highest BCUT2D eigenvalue weighted by molar-refractivity contribution is 7.80. The SMILES string of the molecule is COc1cc2cc(CN(CCc3ccccc3C)C(=S)NC[C@@H]3CCCO3)c(=O)[nH]c2cc1OC. The third kappa shape index (κ3) is 6.13. The summed E-state index contributed by atoms with van der Waals surface area (Å²) in [5, 5.41) is 4.86. The number of methoxy groups -OCH3 is 2. The van der Waals surface area contributed by atoms with E-state index in [1.807, 2.05) is 18.2 Å². The van der Waals surface area contributed by atoms with E-state index in [9.17, 15) is 4.79 Å². The highest BCUT2D eigenvalue weighted by Gasteiger charge is 2.19. The Morgan fingerprint density at radius 2 is 1.94 bits per heavy atom. The van der Waals surface area contributed by atoms with Crippen LogP contribution in [0.5, 0.6) is 11.5 Å². The molecule has 0 bridgehead atoms. The van der Waals surface area contributed by atoms with E-state index in [0.29, 0.717) is 47.3 Å². The molecule has 1 aliphatic rings. The fourth-order valence-electron chi connectivity index (χ4n) is 4.42. The van der Waals surface area contributed by atoms with Crippen molar-refractivity contribution in [1.29, 1.82) is 0 Å². The Labute approximate surface area is 211 Å². The highest BCUT2D eigenvalue weighted by Crippen LogP contribution is 2.31. The summed E-state index contributed by atoms with van der Waals surface area (Å²) in [6.07, 6.45) is 3.12. The van der Waals surface area contributed by atoms with Gasteiger partial charge in [-0.3, -0.25) is 4.79 Å². The summed E-state index contributed by atoms with van der Waals surface area (Å²) in [5.41, 5.74) is 3.70. The molecule has 35 heavy (non-hydrogen) atoms. The Morgan fingerprint density at radius 1 is 1.17 bits per heavy atom. The van der Waals surface area contributed by atoms with Crippen LogP contribution in [0.4, 0.5) is 0 Å². The Kier molecular flexibility index (Phi) is 8.25. The second-order valence-electron chi connectivity index (χ2n) is 8.84. The van der Waals surface area contributed by atoms with Crippen molar-refractivity contribution in [2.75, 3.05) is 33.9 Å². The lowest BCUT2D eigenvalue weighted by atomic mass is 10.1. The molecule has 2 heterocycles. The van der Waals surface area contributed by atoms with E-state index in [-0.39, 0.29) is 11.7 Å². The molecule has 0 spiro atoms. The Bertz CT molecular complexity index is 1240. The molecule has 3 aromatic rings. The molecule has 7 nitrogen and oxygen atoms in total. The van der Waals surface area contributed by atoms with Gasteiger partial charge in [-0.2, -0.15) is 0 Å². The fraction of sp³-hybridized carbons (Fsp3) is 0.407. The van der Waals surface area contributed by atoms with Crippen LogP contribution in [0.25, 0.3) is 10.9 Å². The number of thiocarbonyl (C=S) groups is 1. The van der Waals surface area contributed by atoms with Crippen molar-refractivity contribution in [3.63, 3.8) is 0 Å². The predicted molar refractivity (Wildman–Crippen MR) is 143 cm³/mol. The van der Waals surface area contributed by atoms with Crippen LogP contribution >= 0.6 is 12.2 Å². The molecule has 0 amide bonds. The number of H-pyrrole nitrogens is 1. The van der Waals surface area contributed by atoms with Gasteiger partial charge in [-0.15, -0.1) is 0 Å². The molecular formula is C27H33N3O4S. The molecule has 1 saturated heterocycles. The standard InChI is InChI=1S/C27H33N3O4S/c1-18-7-4-5-8-19(18)10-11-30(27(35)28-16-22-9-6-12-34-22)17-21-13-20-14-24(32-2)25(33-3)15-23(20)29-26(21)31/h4-5,7-8,13-15,22H,6,9-12,16-17H2,1-3H3,(H,28,35)(H,29,31)/t22-/m0/s1. The topological polar surface area (TPSA) is 75.8 Å². The number of nitrogens with one attached hydrogen (secondary N) is 2. The molecule has 186 valence electrons. The second-order valence-corrected chi connectivity index (χ2v) is 9.22. The maximum absolute atomic E-state index is 13.0. The van der Waals surface area contributed by atoms with E-state index in [2.05, 4.69) is 40.3 Å². The predicted octanol–water partition coefficient (Wildman–Crippen LogP) is 3.95. The summed E-state index contributed by atoms with van der Waals surface area (Å²) in [5.74, 6) is 1.19. The third-order valence-corrected chi connectivity index (χ3v) is 6.89. The van der Waals surface area contributed by atoms with Gasteiger partial charge in [0.15, 0.2) is 16.6 Å². The average Bonchev–Trinajstić information content (AvgIpc) is 3.39. The van der Waals surface area contributed by atoms with Gasteiger partial charge in [0.25, 0.3) is 5.56 Å². The van der Waals surface area contributed by atoms with E-state index in [1.165, 1.54) is 11.1 Å². The summed E-state index contributed by atoms with van der Waals surface area (Å²) < 4.78 is 16.6. The van der Waals surface area contributed by atoms with Gasteiger partial charge in [0, 0.05) is 36.7 Å².